The molecule has 0 fully saturated rings. The van der Waals surface area contributed by atoms with E-state index in [-0.39, 0.29) is 19.0 Å². The predicted octanol–water partition coefficient (Wildman–Crippen LogP) is 2.33. The SMILES string of the molecule is CC[C@@H](COS(N)(=O)=O)[C@@H](O)Cn1ccc2c(-c3cc4cc(F)ccc4[nH]3)ncnc21. The van der Waals surface area contributed by atoms with Crippen LogP contribution in [0.1, 0.15) is 13.3 Å². The monoisotopic (exact) mass is 447 g/mol. The Balaban J connectivity index is 1.62. The number of nitrogens with one attached hydrogen (secondary N) is 1. The molecule has 0 unspecified atom stereocenters. The molecule has 9 nitrogen and oxygen atoms in total. The molecule has 3 aromatic heterocycles. The van der Waals surface area contributed by atoms with Crippen molar-refractivity contribution in [1.82, 2.24) is 19.5 Å². The fraction of sp³-hybridized carbons (Fsp3) is 0.300. The van der Waals surface area contributed by atoms with Gasteiger partial charge in [0.25, 0.3) is 0 Å². The molecule has 0 saturated heterocycles. The number of aromatic amines is 1. The van der Waals surface area contributed by atoms with E-state index in [1.54, 1.807) is 16.8 Å². The van der Waals surface area contributed by atoms with Crippen LogP contribution in [0.4, 0.5) is 4.39 Å². The van der Waals surface area contributed by atoms with Crippen molar-refractivity contribution in [2.45, 2.75) is 26.0 Å². The van der Waals surface area contributed by atoms with Gasteiger partial charge in [-0.3, -0.25) is 4.18 Å². The van der Waals surface area contributed by atoms with Gasteiger partial charge in [-0.05, 0) is 36.8 Å². The van der Waals surface area contributed by atoms with Crippen molar-refractivity contribution in [1.29, 1.82) is 0 Å². The maximum atomic E-state index is 13.5. The summed E-state index contributed by atoms with van der Waals surface area (Å²) >= 11 is 0. The van der Waals surface area contributed by atoms with Gasteiger partial charge < -0.3 is 14.7 Å². The highest BCUT2D eigenvalue weighted by Gasteiger charge is 2.22. The maximum Gasteiger partial charge on any atom is 0.333 e. The molecule has 0 radical (unpaired) electrons. The van der Waals surface area contributed by atoms with Crippen molar-refractivity contribution in [2.75, 3.05) is 6.61 Å². The van der Waals surface area contributed by atoms with Crippen LogP contribution < -0.4 is 5.14 Å². The molecule has 0 aliphatic rings. The molecule has 31 heavy (non-hydrogen) atoms. The topological polar surface area (TPSA) is 136 Å². The summed E-state index contributed by atoms with van der Waals surface area (Å²) in [5, 5.41) is 17.0. The Hall–Kier alpha value is -2.86. The Bertz CT molecular complexity index is 1330. The number of halogens is 1. The molecule has 4 rings (SSSR count). The Labute approximate surface area is 177 Å². The second kappa shape index (κ2) is 8.35. The van der Waals surface area contributed by atoms with Gasteiger partial charge in [-0.1, -0.05) is 6.92 Å². The summed E-state index contributed by atoms with van der Waals surface area (Å²) in [6, 6.07) is 8.17. The van der Waals surface area contributed by atoms with Gasteiger partial charge in [0.2, 0.25) is 0 Å². The van der Waals surface area contributed by atoms with Crippen LogP contribution in [-0.2, 0) is 21.0 Å². The summed E-state index contributed by atoms with van der Waals surface area (Å²) in [6.07, 6.45) is 2.83. The second-order valence-electron chi connectivity index (χ2n) is 7.36. The number of fused-ring (bicyclic) bond motifs is 2. The van der Waals surface area contributed by atoms with Crippen molar-refractivity contribution in [2.24, 2.45) is 11.1 Å². The Morgan fingerprint density at radius 2 is 2.10 bits per heavy atom. The number of nitrogens with zero attached hydrogens (tertiary/aromatic N) is 3. The van der Waals surface area contributed by atoms with Gasteiger partial charge in [0, 0.05) is 28.4 Å². The molecule has 3 heterocycles. The van der Waals surface area contributed by atoms with E-state index in [1.165, 1.54) is 18.5 Å². The van der Waals surface area contributed by atoms with Crippen molar-refractivity contribution in [3.63, 3.8) is 0 Å². The first kappa shape index (κ1) is 21.4. The van der Waals surface area contributed by atoms with E-state index in [9.17, 15) is 17.9 Å². The highest BCUT2D eigenvalue weighted by Crippen LogP contribution is 2.29. The summed E-state index contributed by atoms with van der Waals surface area (Å²) in [6.45, 7) is 1.80. The minimum Gasteiger partial charge on any atom is -0.391 e. The molecule has 1 aromatic carbocycles. The number of H-pyrrole nitrogens is 1. The van der Waals surface area contributed by atoms with E-state index in [0.29, 0.717) is 17.8 Å². The molecule has 4 N–H and O–H groups in total. The molecule has 2 atom stereocenters. The normalized spacial score (nSPS) is 14.3. The molecule has 164 valence electrons. The summed E-state index contributed by atoms with van der Waals surface area (Å²) < 4.78 is 42.0. The molecule has 4 aromatic rings. The van der Waals surface area contributed by atoms with Gasteiger partial charge in [-0.2, -0.15) is 8.42 Å². The quantitative estimate of drug-likeness (QED) is 0.379. The zero-order valence-electron chi connectivity index (χ0n) is 16.7. The number of aromatic nitrogens is 4. The highest BCUT2D eigenvalue weighted by atomic mass is 32.2. The molecule has 0 aliphatic heterocycles. The number of aliphatic hydroxyl groups excluding tert-OH is 1. The van der Waals surface area contributed by atoms with Crippen LogP contribution in [0.3, 0.4) is 0 Å². The van der Waals surface area contributed by atoms with Gasteiger partial charge in [0.05, 0.1) is 30.6 Å². The molecule has 0 aliphatic carbocycles. The largest absolute Gasteiger partial charge is 0.391 e. The highest BCUT2D eigenvalue weighted by molar-refractivity contribution is 7.84. The molecule has 0 spiro atoms. The third-order valence-corrected chi connectivity index (χ3v) is 5.76. The van der Waals surface area contributed by atoms with Gasteiger partial charge in [0.1, 0.15) is 17.8 Å². The summed E-state index contributed by atoms with van der Waals surface area (Å²) in [4.78, 5) is 12.0. The zero-order valence-corrected chi connectivity index (χ0v) is 17.5. The van der Waals surface area contributed by atoms with E-state index in [2.05, 4.69) is 19.1 Å². The van der Waals surface area contributed by atoms with Gasteiger partial charge in [0.15, 0.2) is 0 Å². The van der Waals surface area contributed by atoms with Crippen LogP contribution in [0.15, 0.2) is 42.9 Å². The van der Waals surface area contributed by atoms with Crippen molar-refractivity contribution < 1.29 is 22.1 Å². The lowest BCUT2D eigenvalue weighted by Gasteiger charge is -2.21. The first-order valence-electron chi connectivity index (χ1n) is 9.69. The summed E-state index contributed by atoms with van der Waals surface area (Å²) in [5.41, 5.74) is 2.77. The predicted molar refractivity (Wildman–Crippen MR) is 114 cm³/mol. The van der Waals surface area contributed by atoms with Crippen LogP contribution in [-0.4, -0.2) is 45.8 Å². The average molecular weight is 447 g/mol. The molecule has 0 amide bonds. The van der Waals surface area contributed by atoms with E-state index >= 15 is 0 Å². The first-order chi connectivity index (χ1) is 14.7. The van der Waals surface area contributed by atoms with Crippen LogP contribution in [0.25, 0.3) is 33.3 Å². The van der Waals surface area contributed by atoms with E-state index in [4.69, 9.17) is 5.14 Å². The third kappa shape index (κ3) is 4.59. The lowest BCUT2D eigenvalue weighted by atomic mass is 10.0. The van der Waals surface area contributed by atoms with Crippen molar-refractivity contribution in [3.05, 3.63) is 48.7 Å². The maximum absolute atomic E-state index is 13.5. The van der Waals surface area contributed by atoms with E-state index < -0.39 is 22.3 Å². The Morgan fingerprint density at radius 3 is 2.84 bits per heavy atom. The van der Waals surface area contributed by atoms with Crippen LogP contribution in [0.5, 0.6) is 0 Å². The third-order valence-electron chi connectivity index (χ3n) is 5.29. The van der Waals surface area contributed by atoms with Crippen molar-refractivity contribution in [3.8, 4) is 11.4 Å². The van der Waals surface area contributed by atoms with E-state index in [1.807, 2.05) is 19.1 Å². The van der Waals surface area contributed by atoms with Crippen molar-refractivity contribution >= 4 is 32.2 Å². The Kier molecular flexibility index (Phi) is 5.75. The van der Waals surface area contributed by atoms with Gasteiger partial charge in [-0.25, -0.2) is 19.5 Å². The molecule has 0 bridgehead atoms. The second-order valence-corrected chi connectivity index (χ2v) is 8.58. The number of hydrogen-bond acceptors (Lipinski definition) is 6. The number of aliphatic hydroxyl groups is 1. The fourth-order valence-corrected chi connectivity index (χ4v) is 4.00. The fourth-order valence-electron chi connectivity index (χ4n) is 3.63. The minimum atomic E-state index is -4.08. The first-order valence-corrected chi connectivity index (χ1v) is 11.2. The van der Waals surface area contributed by atoms with Crippen LogP contribution in [0, 0.1) is 11.7 Å². The van der Waals surface area contributed by atoms with E-state index in [0.717, 1.165) is 22.0 Å². The number of nitrogens with two attached hydrogens (primary N) is 1. The minimum absolute atomic E-state index is 0.185. The molecular formula is C20H22FN5O4S. The lowest BCUT2D eigenvalue weighted by Crippen LogP contribution is -2.31. The van der Waals surface area contributed by atoms with Gasteiger partial charge >= 0.3 is 10.3 Å². The summed E-state index contributed by atoms with van der Waals surface area (Å²) in [5.74, 6) is -0.747. The number of benzene rings is 1. The number of hydrogen-bond donors (Lipinski definition) is 3. The zero-order chi connectivity index (χ0) is 22.2. The average Bonchev–Trinajstić information content (AvgIpc) is 3.31. The van der Waals surface area contributed by atoms with Crippen LogP contribution >= 0.6 is 0 Å². The lowest BCUT2D eigenvalue weighted by molar-refractivity contribution is 0.0616. The smallest absolute Gasteiger partial charge is 0.333 e. The standard InChI is InChI=1S/C20H22FN5O4S/c1-2-12(10-30-31(22,28)29)18(27)9-26-6-5-15-19(23-11-24-20(15)26)17-8-13-7-14(21)3-4-16(13)25-17/h3-8,11-12,18,25,27H,2,9-10H2,1H3,(H2,22,28,29)/t12-,18-/m0/s1. The molecular weight excluding hydrogens is 425 g/mol. The number of rotatable bonds is 8. The van der Waals surface area contributed by atoms with Gasteiger partial charge in [-0.15, -0.1) is 0 Å². The Morgan fingerprint density at radius 1 is 1.29 bits per heavy atom. The summed E-state index contributed by atoms with van der Waals surface area (Å²) in [7, 11) is -4.08. The molecule has 0 saturated carbocycles. The van der Waals surface area contributed by atoms with Crippen LogP contribution in [0.2, 0.25) is 0 Å². The molecule has 11 heteroatoms.